The van der Waals surface area contributed by atoms with Gasteiger partial charge in [-0.15, -0.1) is 0 Å². The van der Waals surface area contributed by atoms with Crippen molar-refractivity contribution in [2.75, 3.05) is 0 Å². The first-order valence-corrected chi connectivity index (χ1v) is 12.9. The van der Waals surface area contributed by atoms with Crippen LogP contribution in [-0.2, 0) is 25.5 Å². The molecule has 3 aliphatic rings. The third-order valence-electron chi connectivity index (χ3n) is 7.44. The van der Waals surface area contributed by atoms with Crippen molar-refractivity contribution in [3.63, 3.8) is 0 Å². The number of nitrogens with one attached hydrogen (secondary N) is 1. The van der Waals surface area contributed by atoms with Crippen LogP contribution < -0.4 is 3.80 Å². The SMILES string of the molecule is CC1=C(C)C(C)C(C2(C(=O)[NH][Ti])C3CCC(C3)C2[SiH](C)C)=C1C. The fourth-order valence-electron chi connectivity index (χ4n) is 6.46. The molecule has 0 aromatic carbocycles. The van der Waals surface area contributed by atoms with Crippen molar-refractivity contribution in [2.24, 2.45) is 23.2 Å². The second-order valence-corrected chi connectivity index (χ2v) is 12.0. The molecule has 3 aliphatic carbocycles. The zero-order valence-corrected chi connectivity index (χ0v) is 18.1. The standard InChI is InChI=1S/C19H31NOSi.Ti/c1-10-11(2)13(4)16(12(10)3)19(18(20)21)15-8-7-14(9-15)17(19)22(5)6;/h12,14-15,17,22H,7-9H2,1-6H3,(H2,20,21);/q;+1/p-1. The predicted molar refractivity (Wildman–Crippen MR) is 94.3 cm³/mol. The fraction of sp³-hybridized carbons (Fsp3) is 0.737. The average Bonchev–Trinajstić information content (AvgIpc) is 3.16. The van der Waals surface area contributed by atoms with Crippen molar-refractivity contribution in [2.45, 2.75) is 65.6 Å². The Balaban J connectivity index is 2.23. The van der Waals surface area contributed by atoms with E-state index in [9.17, 15) is 4.79 Å². The molecular formula is C19H30NOSiTi. The van der Waals surface area contributed by atoms with Crippen LogP contribution in [0, 0.1) is 23.2 Å². The van der Waals surface area contributed by atoms with Crippen molar-refractivity contribution >= 4 is 14.7 Å². The van der Waals surface area contributed by atoms with Gasteiger partial charge in [-0.2, -0.15) is 0 Å². The van der Waals surface area contributed by atoms with Crippen molar-refractivity contribution in [3.8, 4) is 0 Å². The first-order valence-electron chi connectivity index (χ1n) is 9.14. The number of carbonyl (C=O) groups is 1. The first-order chi connectivity index (χ1) is 10.8. The van der Waals surface area contributed by atoms with E-state index in [1.54, 1.807) is 0 Å². The Morgan fingerprint density at radius 3 is 2.35 bits per heavy atom. The normalized spacial score (nSPS) is 39.7. The molecular weight excluding hydrogens is 334 g/mol. The van der Waals surface area contributed by atoms with E-state index in [4.69, 9.17) is 0 Å². The molecule has 2 saturated carbocycles. The molecule has 0 radical (unpaired) electrons. The van der Waals surface area contributed by atoms with E-state index >= 15 is 0 Å². The van der Waals surface area contributed by atoms with Crippen LogP contribution in [0.25, 0.3) is 0 Å². The van der Waals surface area contributed by atoms with Gasteiger partial charge in [0.05, 0.1) is 0 Å². The van der Waals surface area contributed by atoms with Crippen LogP contribution in [0.2, 0.25) is 18.6 Å². The predicted octanol–water partition coefficient (Wildman–Crippen LogP) is 4.14. The minimum atomic E-state index is -0.928. The molecule has 4 heteroatoms. The summed E-state index contributed by atoms with van der Waals surface area (Å²) in [4.78, 5) is 13.4. The van der Waals surface area contributed by atoms with Gasteiger partial charge in [0.2, 0.25) is 0 Å². The number of allylic oxidation sites excluding steroid dienone is 3. The summed E-state index contributed by atoms with van der Waals surface area (Å²) in [6.45, 7) is 14.1. The third kappa shape index (κ3) is 2.19. The molecule has 0 aliphatic heterocycles. The van der Waals surface area contributed by atoms with Crippen LogP contribution in [0.3, 0.4) is 0 Å². The Morgan fingerprint density at radius 1 is 1.22 bits per heavy atom. The molecule has 3 rings (SSSR count). The molecule has 2 bridgehead atoms. The topological polar surface area (TPSA) is 29.1 Å². The van der Waals surface area contributed by atoms with Crippen LogP contribution in [0.15, 0.2) is 22.3 Å². The Kier molecular flexibility index (Phi) is 4.62. The summed E-state index contributed by atoms with van der Waals surface area (Å²) in [5, 5.41) is 0. The summed E-state index contributed by atoms with van der Waals surface area (Å²) in [6.07, 6.45) is 3.88. The number of carbonyl (C=O) groups excluding carboxylic acids is 1. The zero-order chi connectivity index (χ0) is 17.1. The van der Waals surface area contributed by atoms with E-state index in [0.29, 0.717) is 23.3 Å². The van der Waals surface area contributed by atoms with E-state index in [1.165, 1.54) is 41.6 Å². The van der Waals surface area contributed by atoms with E-state index in [0.717, 1.165) is 5.92 Å². The van der Waals surface area contributed by atoms with Crippen LogP contribution >= 0.6 is 0 Å². The number of fused-ring (bicyclic) bond motifs is 2. The van der Waals surface area contributed by atoms with Gasteiger partial charge < -0.3 is 0 Å². The van der Waals surface area contributed by atoms with E-state index < -0.39 is 8.80 Å². The van der Waals surface area contributed by atoms with Gasteiger partial charge in [0.25, 0.3) is 0 Å². The minimum absolute atomic E-state index is 0.208. The number of hydrogen-bond acceptors (Lipinski definition) is 1. The third-order valence-corrected chi connectivity index (χ3v) is 10.3. The van der Waals surface area contributed by atoms with Crippen molar-refractivity contribution in [3.05, 3.63) is 22.3 Å². The van der Waals surface area contributed by atoms with E-state index in [1.807, 2.05) is 20.7 Å². The molecule has 0 heterocycles. The van der Waals surface area contributed by atoms with Gasteiger partial charge in [0.15, 0.2) is 0 Å². The van der Waals surface area contributed by atoms with Crippen molar-refractivity contribution in [1.82, 2.24) is 3.80 Å². The van der Waals surface area contributed by atoms with Gasteiger partial charge in [0, 0.05) is 0 Å². The van der Waals surface area contributed by atoms with Gasteiger partial charge in [0.1, 0.15) is 0 Å². The number of rotatable bonds is 3. The summed E-state index contributed by atoms with van der Waals surface area (Å²) >= 11 is 1.84. The molecule has 23 heavy (non-hydrogen) atoms. The molecule has 2 fully saturated rings. The van der Waals surface area contributed by atoms with Crippen molar-refractivity contribution < 1.29 is 25.5 Å². The van der Waals surface area contributed by atoms with Gasteiger partial charge in [-0.3, -0.25) is 0 Å². The van der Waals surface area contributed by atoms with Gasteiger partial charge in [-0.25, -0.2) is 0 Å². The summed E-state index contributed by atoms with van der Waals surface area (Å²) in [5.41, 5.74) is 6.25. The maximum absolute atomic E-state index is 13.4. The average molecular weight is 364 g/mol. The second-order valence-electron chi connectivity index (χ2n) is 8.43. The Bertz CT molecular complexity index is 608. The van der Waals surface area contributed by atoms with Crippen LogP contribution in [0.1, 0.15) is 47.0 Å². The maximum atomic E-state index is 13.4. The van der Waals surface area contributed by atoms with Gasteiger partial charge >= 0.3 is 155 Å². The molecule has 0 aromatic heterocycles. The molecule has 1 amide bonds. The Labute approximate surface area is 154 Å². The number of amides is 1. The summed E-state index contributed by atoms with van der Waals surface area (Å²) in [6, 6.07) is 0. The molecule has 5 atom stereocenters. The Hall–Kier alpha value is -0.119. The quantitative estimate of drug-likeness (QED) is 0.750. The summed E-state index contributed by atoms with van der Waals surface area (Å²) in [5.74, 6) is 2.11. The molecule has 2 nitrogen and oxygen atoms in total. The van der Waals surface area contributed by atoms with E-state index in [-0.39, 0.29) is 5.41 Å². The van der Waals surface area contributed by atoms with E-state index in [2.05, 4.69) is 44.6 Å². The van der Waals surface area contributed by atoms with Crippen LogP contribution in [0.5, 0.6) is 0 Å². The second kappa shape index (κ2) is 6.00. The molecule has 5 unspecified atom stereocenters. The number of hydrogen-bond donors (Lipinski definition) is 1. The van der Waals surface area contributed by atoms with Gasteiger partial charge in [-0.1, -0.05) is 0 Å². The van der Waals surface area contributed by atoms with Crippen LogP contribution in [-0.4, -0.2) is 14.7 Å². The monoisotopic (exact) mass is 364 g/mol. The molecule has 0 aromatic rings. The summed E-state index contributed by atoms with van der Waals surface area (Å²) in [7, 11) is -0.928. The molecule has 0 spiro atoms. The zero-order valence-electron chi connectivity index (χ0n) is 15.4. The van der Waals surface area contributed by atoms with Crippen molar-refractivity contribution in [1.29, 1.82) is 0 Å². The van der Waals surface area contributed by atoms with Crippen LogP contribution in [0.4, 0.5) is 0 Å². The fourth-order valence-corrected chi connectivity index (χ4v) is 9.88. The molecule has 1 N–H and O–H groups in total. The molecule has 0 saturated heterocycles. The first kappa shape index (κ1) is 17.7. The Morgan fingerprint density at radius 2 is 1.87 bits per heavy atom. The van der Waals surface area contributed by atoms with Gasteiger partial charge in [-0.05, 0) is 0 Å². The summed E-state index contributed by atoms with van der Waals surface area (Å²) < 4.78 is 3.10. The molecule has 125 valence electrons.